The summed E-state index contributed by atoms with van der Waals surface area (Å²) in [4.78, 5) is 14.5. The molecule has 27 heavy (non-hydrogen) atoms. The summed E-state index contributed by atoms with van der Waals surface area (Å²) in [5.74, 6) is -1.43. The lowest BCUT2D eigenvalue weighted by molar-refractivity contribution is 0.0946. The fraction of sp³-hybridized carbons (Fsp3) is 0.316. The van der Waals surface area contributed by atoms with Crippen LogP contribution in [0.3, 0.4) is 0 Å². The van der Waals surface area contributed by atoms with Crippen LogP contribution in [0.2, 0.25) is 0 Å². The minimum absolute atomic E-state index is 0.161. The zero-order valence-corrected chi connectivity index (χ0v) is 15.9. The van der Waals surface area contributed by atoms with E-state index in [2.05, 4.69) is 14.9 Å². The van der Waals surface area contributed by atoms with Crippen molar-refractivity contribution in [3.05, 3.63) is 59.4 Å². The summed E-state index contributed by atoms with van der Waals surface area (Å²) in [5.41, 5.74) is 1.73. The van der Waals surface area contributed by atoms with Gasteiger partial charge in [0.05, 0.1) is 10.5 Å². The van der Waals surface area contributed by atoms with E-state index >= 15 is 0 Å². The highest BCUT2D eigenvalue weighted by Crippen LogP contribution is 2.20. The van der Waals surface area contributed by atoms with Gasteiger partial charge < -0.3 is 10.2 Å². The van der Waals surface area contributed by atoms with Gasteiger partial charge in [0.15, 0.2) is 0 Å². The Morgan fingerprint density at radius 3 is 2.41 bits per heavy atom. The molecule has 1 saturated heterocycles. The molecule has 1 aliphatic rings. The zero-order chi connectivity index (χ0) is 19.4. The predicted octanol–water partition coefficient (Wildman–Crippen LogP) is 2.26. The van der Waals surface area contributed by atoms with Crippen molar-refractivity contribution in [2.75, 3.05) is 25.0 Å². The number of hydrogen-bond donors (Lipinski definition) is 2. The number of carbonyl (C=O) groups excluding carboxylic acids is 1. The van der Waals surface area contributed by atoms with Gasteiger partial charge in [-0.2, -0.15) is 0 Å². The molecule has 2 aromatic carbocycles. The first-order chi connectivity index (χ1) is 12.9. The molecule has 1 amide bonds. The van der Waals surface area contributed by atoms with Crippen LogP contribution in [0.25, 0.3) is 0 Å². The van der Waals surface area contributed by atoms with E-state index in [1.807, 2.05) is 24.3 Å². The number of benzene rings is 2. The number of nitrogens with zero attached hydrogens (tertiary/aromatic N) is 1. The van der Waals surface area contributed by atoms with Crippen molar-refractivity contribution in [1.82, 2.24) is 10.0 Å². The van der Waals surface area contributed by atoms with Crippen molar-refractivity contribution in [2.24, 2.45) is 0 Å². The summed E-state index contributed by atoms with van der Waals surface area (Å²) in [5, 5.41) is 2.63. The first-order valence-electron chi connectivity index (χ1n) is 8.76. The Kier molecular flexibility index (Phi) is 5.76. The SMILES string of the molecule is CNS(=O)(=O)c1ccc(F)c(C(=O)NCc2ccc(N3CCCC3)cc2)c1. The molecule has 2 aromatic rings. The third kappa shape index (κ3) is 4.45. The molecular weight excluding hydrogens is 369 g/mol. The Bertz CT molecular complexity index is 924. The maximum Gasteiger partial charge on any atom is 0.254 e. The molecule has 0 radical (unpaired) electrons. The first-order valence-corrected chi connectivity index (χ1v) is 10.2. The maximum atomic E-state index is 14.0. The summed E-state index contributed by atoms with van der Waals surface area (Å²) in [7, 11) is -2.50. The van der Waals surface area contributed by atoms with Gasteiger partial charge in [-0.05, 0) is 55.8 Å². The third-order valence-electron chi connectivity index (χ3n) is 4.62. The maximum absolute atomic E-state index is 14.0. The van der Waals surface area contributed by atoms with E-state index in [0.29, 0.717) is 0 Å². The Labute approximate surface area is 158 Å². The third-order valence-corrected chi connectivity index (χ3v) is 6.03. The second-order valence-corrected chi connectivity index (χ2v) is 8.28. The Hall–Kier alpha value is -2.45. The highest BCUT2D eigenvalue weighted by molar-refractivity contribution is 7.89. The quantitative estimate of drug-likeness (QED) is 0.792. The van der Waals surface area contributed by atoms with E-state index in [1.165, 1.54) is 19.9 Å². The van der Waals surface area contributed by atoms with Gasteiger partial charge in [0.1, 0.15) is 5.82 Å². The number of nitrogens with one attached hydrogen (secondary N) is 2. The average molecular weight is 391 g/mol. The molecular formula is C19H22FN3O3S. The Balaban J connectivity index is 1.68. The van der Waals surface area contributed by atoms with Crippen LogP contribution in [-0.2, 0) is 16.6 Å². The van der Waals surface area contributed by atoms with Crippen LogP contribution in [0, 0.1) is 5.82 Å². The smallest absolute Gasteiger partial charge is 0.254 e. The summed E-state index contributed by atoms with van der Waals surface area (Å²) in [6, 6.07) is 11.0. The molecule has 0 aliphatic carbocycles. The van der Waals surface area contributed by atoms with Crippen LogP contribution < -0.4 is 14.9 Å². The molecule has 0 saturated carbocycles. The van der Waals surface area contributed by atoms with Crippen LogP contribution >= 0.6 is 0 Å². The minimum atomic E-state index is -3.75. The Morgan fingerprint density at radius 1 is 1.11 bits per heavy atom. The second-order valence-electron chi connectivity index (χ2n) is 6.39. The van der Waals surface area contributed by atoms with Crippen LogP contribution in [0.5, 0.6) is 0 Å². The van der Waals surface area contributed by atoms with E-state index in [4.69, 9.17) is 0 Å². The fourth-order valence-corrected chi connectivity index (χ4v) is 3.80. The predicted molar refractivity (Wildman–Crippen MR) is 102 cm³/mol. The van der Waals surface area contributed by atoms with Crippen molar-refractivity contribution in [3.63, 3.8) is 0 Å². The highest BCUT2D eigenvalue weighted by Gasteiger charge is 2.18. The first kappa shape index (κ1) is 19.3. The molecule has 0 bridgehead atoms. The largest absolute Gasteiger partial charge is 0.372 e. The fourth-order valence-electron chi connectivity index (χ4n) is 3.04. The number of amides is 1. The average Bonchev–Trinajstić information content (AvgIpc) is 3.21. The van der Waals surface area contributed by atoms with E-state index in [9.17, 15) is 17.6 Å². The minimum Gasteiger partial charge on any atom is -0.372 e. The molecule has 144 valence electrons. The number of halogens is 1. The lowest BCUT2D eigenvalue weighted by atomic mass is 10.1. The van der Waals surface area contributed by atoms with Gasteiger partial charge in [0.2, 0.25) is 10.0 Å². The van der Waals surface area contributed by atoms with Crippen LogP contribution in [0.4, 0.5) is 10.1 Å². The molecule has 8 heteroatoms. The van der Waals surface area contributed by atoms with Gasteiger partial charge >= 0.3 is 0 Å². The highest BCUT2D eigenvalue weighted by atomic mass is 32.2. The lowest BCUT2D eigenvalue weighted by Crippen LogP contribution is -2.25. The van der Waals surface area contributed by atoms with Crippen LogP contribution in [0.1, 0.15) is 28.8 Å². The molecule has 1 aliphatic heterocycles. The standard InChI is InChI=1S/C19H22FN3O3S/c1-21-27(25,26)16-8-9-18(20)17(12-16)19(24)22-13-14-4-6-15(7-5-14)23-10-2-3-11-23/h4-9,12,21H,2-3,10-11,13H2,1H3,(H,22,24). The van der Waals surface area contributed by atoms with Gasteiger partial charge in [-0.1, -0.05) is 12.1 Å². The van der Waals surface area contributed by atoms with E-state index in [-0.39, 0.29) is 17.0 Å². The van der Waals surface area contributed by atoms with Crippen molar-refractivity contribution >= 4 is 21.6 Å². The van der Waals surface area contributed by atoms with Crippen molar-refractivity contribution < 1.29 is 17.6 Å². The van der Waals surface area contributed by atoms with Crippen LogP contribution in [0.15, 0.2) is 47.4 Å². The van der Waals surface area contributed by atoms with Crippen molar-refractivity contribution in [3.8, 4) is 0 Å². The number of sulfonamides is 1. The van der Waals surface area contributed by atoms with Gasteiger partial charge in [-0.3, -0.25) is 4.79 Å². The summed E-state index contributed by atoms with van der Waals surface area (Å²) in [6.07, 6.45) is 2.40. The Morgan fingerprint density at radius 2 is 1.78 bits per heavy atom. The molecule has 3 rings (SSSR count). The van der Waals surface area contributed by atoms with E-state index in [0.717, 1.165) is 42.5 Å². The van der Waals surface area contributed by atoms with Crippen molar-refractivity contribution in [1.29, 1.82) is 0 Å². The summed E-state index contributed by atoms with van der Waals surface area (Å²) < 4.78 is 39.8. The molecule has 0 aromatic heterocycles. The molecule has 0 atom stereocenters. The van der Waals surface area contributed by atoms with Crippen LogP contribution in [-0.4, -0.2) is 34.5 Å². The molecule has 6 nitrogen and oxygen atoms in total. The van der Waals surface area contributed by atoms with E-state index < -0.39 is 21.7 Å². The normalized spacial score (nSPS) is 14.4. The molecule has 0 spiro atoms. The topological polar surface area (TPSA) is 78.5 Å². The van der Waals surface area contributed by atoms with Gasteiger partial charge in [0, 0.05) is 25.3 Å². The monoisotopic (exact) mass is 391 g/mol. The molecule has 0 unspecified atom stereocenters. The van der Waals surface area contributed by atoms with E-state index in [1.54, 1.807) is 0 Å². The lowest BCUT2D eigenvalue weighted by Gasteiger charge is -2.17. The van der Waals surface area contributed by atoms with Gasteiger partial charge in [-0.25, -0.2) is 17.5 Å². The molecule has 1 heterocycles. The van der Waals surface area contributed by atoms with Gasteiger partial charge in [0.25, 0.3) is 5.91 Å². The van der Waals surface area contributed by atoms with Gasteiger partial charge in [-0.15, -0.1) is 0 Å². The molecule has 1 fully saturated rings. The number of carbonyl (C=O) groups is 1. The number of rotatable bonds is 6. The summed E-state index contributed by atoms with van der Waals surface area (Å²) in [6.45, 7) is 2.34. The number of anilines is 1. The zero-order valence-electron chi connectivity index (χ0n) is 15.0. The van der Waals surface area contributed by atoms with Crippen molar-refractivity contribution in [2.45, 2.75) is 24.3 Å². The summed E-state index contributed by atoms with van der Waals surface area (Å²) >= 11 is 0. The number of hydrogen-bond acceptors (Lipinski definition) is 4. The second kappa shape index (κ2) is 8.06. The molecule has 2 N–H and O–H groups in total.